The van der Waals surface area contributed by atoms with Crippen LogP contribution < -0.4 is 5.32 Å². The molecule has 0 spiro atoms. The van der Waals surface area contributed by atoms with Crippen LogP contribution >= 0.6 is 0 Å². The van der Waals surface area contributed by atoms with Crippen molar-refractivity contribution in [2.24, 2.45) is 0 Å². The Kier molecular flexibility index (Phi) is 6.40. The van der Waals surface area contributed by atoms with Crippen molar-refractivity contribution >= 4 is 22.6 Å². The van der Waals surface area contributed by atoms with Crippen molar-refractivity contribution in [2.75, 3.05) is 32.7 Å². The summed E-state index contributed by atoms with van der Waals surface area (Å²) in [4.78, 5) is 28.9. The minimum absolute atomic E-state index is 0.105. The lowest BCUT2D eigenvalue weighted by atomic mass is 10.0. The van der Waals surface area contributed by atoms with Crippen LogP contribution in [0.3, 0.4) is 0 Å². The van der Waals surface area contributed by atoms with E-state index in [2.05, 4.69) is 52.7 Å². The molecule has 1 fully saturated rings. The number of benzene rings is 3. The summed E-state index contributed by atoms with van der Waals surface area (Å²) in [6, 6.07) is 24.0. The Morgan fingerprint density at radius 3 is 2.30 bits per heavy atom. The van der Waals surface area contributed by atoms with Crippen LogP contribution in [0.25, 0.3) is 10.8 Å². The van der Waals surface area contributed by atoms with Gasteiger partial charge in [-0.2, -0.15) is 0 Å². The summed E-state index contributed by atoms with van der Waals surface area (Å²) in [5.41, 5.74) is 1.95. The lowest BCUT2D eigenvalue weighted by molar-refractivity contribution is -0.132. The van der Waals surface area contributed by atoms with Crippen LogP contribution in [0.1, 0.15) is 22.3 Å². The van der Waals surface area contributed by atoms with E-state index in [1.807, 2.05) is 23.1 Å². The van der Waals surface area contributed by atoms with Gasteiger partial charge in [-0.25, -0.2) is 0 Å². The van der Waals surface area contributed by atoms with Crippen LogP contribution in [-0.2, 0) is 11.3 Å². The zero-order valence-corrected chi connectivity index (χ0v) is 17.1. The first-order chi connectivity index (χ1) is 14.7. The van der Waals surface area contributed by atoms with Crippen molar-refractivity contribution in [3.63, 3.8) is 0 Å². The molecule has 0 radical (unpaired) electrons. The van der Waals surface area contributed by atoms with E-state index in [1.54, 1.807) is 12.1 Å². The van der Waals surface area contributed by atoms with Crippen molar-refractivity contribution < 1.29 is 9.59 Å². The summed E-state index contributed by atoms with van der Waals surface area (Å²) in [6.07, 6.45) is 0.335. The zero-order valence-electron chi connectivity index (χ0n) is 17.1. The first-order valence-electron chi connectivity index (χ1n) is 10.5. The molecule has 0 aromatic heterocycles. The van der Waals surface area contributed by atoms with Gasteiger partial charge in [0, 0.05) is 51.3 Å². The van der Waals surface area contributed by atoms with Gasteiger partial charge in [0.15, 0.2) is 0 Å². The van der Waals surface area contributed by atoms with Gasteiger partial charge in [0.25, 0.3) is 5.91 Å². The van der Waals surface area contributed by atoms with Crippen molar-refractivity contribution in [1.29, 1.82) is 0 Å². The average molecular weight is 402 g/mol. The van der Waals surface area contributed by atoms with Crippen LogP contribution in [-0.4, -0.2) is 54.3 Å². The normalized spacial score (nSPS) is 14.6. The molecule has 1 aliphatic heterocycles. The Hall–Kier alpha value is -3.18. The van der Waals surface area contributed by atoms with Gasteiger partial charge in [0.1, 0.15) is 0 Å². The molecule has 0 saturated carbocycles. The van der Waals surface area contributed by atoms with Gasteiger partial charge in [0.2, 0.25) is 5.91 Å². The minimum Gasteiger partial charge on any atom is -0.352 e. The van der Waals surface area contributed by atoms with Crippen LogP contribution in [0.5, 0.6) is 0 Å². The van der Waals surface area contributed by atoms with Gasteiger partial charge in [-0.3, -0.25) is 14.5 Å². The quantitative estimate of drug-likeness (QED) is 0.690. The Labute approximate surface area is 177 Å². The monoisotopic (exact) mass is 401 g/mol. The van der Waals surface area contributed by atoms with Gasteiger partial charge >= 0.3 is 0 Å². The second-order valence-corrected chi connectivity index (χ2v) is 7.67. The molecule has 1 heterocycles. The smallest absolute Gasteiger partial charge is 0.251 e. The Morgan fingerprint density at radius 1 is 0.800 bits per heavy atom. The predicted octanol–water partition coefficient (Wildman–Crippen LogP) is 3.30. The van der Waals surface area contributed by atoms with Gasteiger partial charge in [-0.1, -0.05) is 60.7 Å². The number of piperazine rings is 1. The first kappa shape index (κ1) is 20.1. The third kappa shape index (κ3) is 4.86. The SMILES string of the molecule is O=C(NCCC(=O)N1CCN(Cc2cccc3ccccc23)CC1)c1ccccc1. The zero-order chi connectivity index (χ0) is 20.8. The standard InChI is InChI=1S/C25H27N3O2/c29-24(13-14-26-25(30)21-8-2-1-3-9-21)28-17-15-27(16-18-28)19-22-11-6-10-20-7-4-5-12-23(20)22/h1-12H,13-19H2,(H,26,30). The maximum Gasteiger partial charge on any atom is 0.251 e. The predicted molar refractivity (Wildman–Crippen MR) is 119 cm³/mol. The van der Waals surface area contributed by atoms with E-state index in [1.165, 1.54) is 16.3 Å². The molecule has 3 aromatic carbocycles. The fourth-order valence-electron chi connectivity index (χ4n) is 3.96. The fourth-order valence-corrected chi connectivity index (χ4v) is 3.96. The van der Waals surface area contributed by atoms with Crippen LogP contribution in [0.2, 0.25) is 0 Å². The van der Waals surface area contributed by atoms with Crippen molar-refractivity contribution in [2.45, 2.75) is 13.0 Å². The topological polar surface area (TPSA) is 52.7 Å². The molecule has 154 valence electrons. The molecule has 0 bridgehead atoms. The lowest BCUT2D eigenvalue weighted by Gasteiger charge is -2.35. The van der Waals surface area contributed by atoms with Gasteiger partial charge in [-0.15, -0.1) is 0 Å². The van der Waals surface area contributed by atoms with E-state index in [4.69, 9.17) is 0 Å². The molecule has 1 aliphatic rings. The highest BCUT2D eigenvalue weighted by Gasteiger charge is 2.21. The molecule has 1 N–H and O–H groups in total. The van der Waals surface area contributed by atoms with Gasteiger partial charge in [0.05, 0.1) is 0 Å². The highest BCUT2D eigenvalue weighted by Crippen LogP contribution is 2.20. The summed E-state index contributed by atoms with van der Waals surface area (Å²) in [7, 11) is 0. The van der Waals surface area contributed by atoms with E-state index in [0.29, 0.717) is 18.5 Å². The third-order valence-electron chi connectivity index (χ3n) is 5.66. The van der Waals surface area contributed by atoms with Crippen LogP contribution in [0, 0.1) is 0 Å². The summed E-state index contributed by atoms with van der Waals surface area (Å²) in [5.74, 6) is -0.0310. The largest absolute Gasteiger partial charge is 0.352 e. The molecule has 3 aromatic rings. The maximum absolute atomic E-state index is 12.5. The molecular weight excluding hydrogens is 374 g/mol. The van der Waals surface area contributed by atoms with Crippen molar-refractivity contribution in [3.05, 3.63) is 83.9 Å². The number of carbonyl (C=O) groups excluding carboxylic acids is 2. The van der Waals surface area contributed by atoms with Crippen LogP contribution in [0.15, 0.2) is 72.8 Å². The summed E-state index contributed by atoms with van der Waals surface area (Å²) in [5, 5.41) is 5.39. The maximum atomic E-state index is 12.5. The van der Waals surface area contributed by atoms with Gasteiger partial charge < -0.3 is 10.2 Å². The number of carbonyl (C=O) groups is 2. The number of rotatable bonds is 6. The third-order valence-corrected chi connectivity index (χ3v) is 5.66. The molecule has 4 rings (SSSR count). The van der Waals surface area contributed by atoms with E-state index in [9.17, 15) is 9.59 Å². The number of hydrogen-bond acceptors (Lipinski definition) is 3. The highest BCUT2D eigenvalue weighted by molar-refractivity contribution is 5.94. The highest BCUT2D eigenvalue weighted by atomic mass is 16.2. The van der Waals surface area contributed by atoms with Crippen molar-refractivity contribution in [1.82, 2.24) is 15.1 Å². The van der Waals surface area contributed by atoms with E-state index in [0.717, 1.165) is 32.7 Å². The van der Waals surface area contributed by atoms with E-state index in [-0.39, 0.29) is 11.8 Å². The van der Waals surface area contributed by atoms with E-state index < -0.39 is 0 Å². The number of hydrogen-bond donors (Lipinski definition) is 1. The second kappa shape index (κ2) is 9.55. The molecule has 30 heavy (non-hydrogen) atoms. The number of nitrogens with zero attached hydrogens (tertiary/aromatic N) is 2. The molecule has 5 heteroatoms. The lowest BCUT2D eigenvalue weighted by Crippen LogP contribution is -2.48. The fraction of sp³-hybridized carbons (Fsp3) is 0.280. The molecular formula is C25H27N3O2. The second-order valence-electron chi connectivity index (χ2n) is 7.67. The number of amides is 2. The van der Waals surface area contributed by atoms with Gasteiger partial charge in [-0.05, 0) is 28.5 Å². The number of nitrogens with one attached hydrogen (secondary N) is 1. The van der Waals surface area contributed by atoms with E-state index >= 15 is 0 Å². The molecule has 1 saturated heterocycles. The average Bonchev–Trinajstić information content (AvgIpc) is 2.80. The molecule has 5 nitrogen and oxygen atoms in total. The van der Waals surface area contributed by atoms with Crippen LogP contribution in [0.4, 0.5) is 0 Å². The Morgan fingerprint density at radius 2 is 1.50 bits per heavy atom. The Balaban J connectivity index is 1.23. The molecule has 0 aliphatic carbocycles. The van der Waals surface area contributed by atoms with Crippen molar-refractivity contribution in [3.8, 4) is 0 Å². The summed E-state index contributed by atoms with van der Waals surface area (Å²) < 4.78 is 0. The Bertz CT molecular complexity index is 1010. The minimum atomic E-state index is -0.136. The molecule has 0 atom stereocenters. The number of fused-ring (bicyclic) bond motifs is 1. The molecule has 2 amide bonds. The molecule has 0 unspecified atom stereocenters. The summed E-state index contributed by atoms with van der Waals surface area (Å²) >= 11 is 0. The first-order valence-corrected chi connectivity index (χ1v) is 10.5. The summed E-state index contributed by atoms with van der Waals surface area (Å²) in [6.45, 7) is 4.46.